The van der Waals surface area contributed by atoms with Gasteiger partial charge in [0.2, 0.25) is 5.89 Å². The second-order valence-electron chi connectivity index (χ2n) is 13.3. The Morgan fingerprint density at radius 3 is 2.68 bits per heavy atom. The summed E-state index contributed by atoms with van der Waals surface area (Å²) < 4.78 is 19.9. The van der Waals surface area contributed by atoms with Crippen LogP contribution in [0.4, 0.5) is 10.1 Å². The van der Waals surface area contributed by atoms with Crippen molar-refractivity contribution in [3.63, 3.8) is 0 Å². The third-order valence-electron chi connectivity index (χ3n) is 8.83. The number of hydrogen-bond acceptors (Lipinski definition) is 9. The molecule has 1 aliphatic rings. The summed E-state index contributed by atoms with van der Waals surface area (Å²) in [5.74, 6) is -0.0603. The minimum Gasteiger partial charge on any atom is -0.506 e. The topological polar surface area (TPSA) is 133 Å². The number of rotatable bonds is 12. The van der Waals surface area contributed by atoms with Crippen LogP contribution in [0.1, 0.15) is 94.2 Å². The number of pyridine rings is 1. The Balaban J connectivity index is 1.10. The molecule has 12 heteroatoms. The van der Waals surface area contributed by atoms with Crippen LogP contribution in [0.15, 0.2) is 77.1 Å². The summed E-state index contributed by atoms with van der Waals surface area (Å²) in [6.07, 6.45) is 9.11. The number of phenolic OH excluding ortho intramolecular Hbond substituents is 1. The first-order chi connectivity index (χ1) is 23.9. The lowest BCUT2D eigenvalue weighted by atomic mass is 10.0. The van der Waals surface area contributed by atoms with Gasteiger partial charge in [0.1, 0.15) is 22.7 Å². The van der Waals surface area contributed by atoms with E-state index in [2.05, 4.69) is 25.6 Å². The van der Waals surface area contributed by atoms with Crippen molar-refractivity contribution in [2.45, 2.75) is 77.7 Å². The Morgan fingerprint density at radius 2 is 1.96 bits per heavy atom. The van der Waals surface area contributed by atoms with Crippen LogP contribution in [-0.2, 0) is 18.6 Å². The number of halogens is 1. The molecule has 2 atom stereocenters. The van der Waals surface area contributed by atoms with Crippen molar-refractivity contribution in [3.05, 3.63) is 111 Å². The molecule has 4 heterocycles. The van der Waals surface area contributed by atoms with Gasteiger partial charge in [0.05, 0.1) is 17.9 Å². The Bertz CT molecular complexity index is 1970. The highest BCUT2D eigenvalue weighted by Crippen LogP contribution is 2.35. The standard InChI is InChI=1S/C38H41FN6O4S/c1-23(7-8-25-9-10-31(33(46)15-25)42-20-26-14-30(21-40-19-26)38(3,4)39)43-34(47)27-16-28(35-41-11-13-49-35)18-29(17-27)37(48)45-12-5-6-32(45)36-44-24(2)22-50-36/h9-11,13-19,21-23,32,42,46H,5-8,12,20H2,1-4H3,(H,43,47)/t23-,32+/m0/s1. The maximum atomic E-state index is 14.3. The monoisotopic (exact) mass is 696 g/mol. The van der Waals surface area contributed by atoms with E-state index in [9.17, 15) is 19.1 Å². The van der Waals surface area contributed by atoms with Gasteiger partial charge in [-0.05, 0) is 101 Å². The zero-order valence-electron chi connectivity index (χ0n) is 28.6. The third kappa shape index (κ3) is 8.19. The van der Waals surface area contributed by atoms with E-state index in [-0.39, 0.29) is 29.6 Å². The Morgan fingerprint density at radius 1 is 1.14 bits per heavy atom. The van der Waals surface area contributed by atoms with E-state index in [0.29, 0.717) is 59.8 Å². The number of aromatic hydroxyl groups is 1. The van der Waals surface area contributed by atoms with Crippen molar-refractivity contribution < 1.29 is 23.5 Å². The summed E-state index contributed by atoms with van der Waals surface area (Å²) in [7, 11) is 0. The number of oxazole rings is 1. The molecule has 260 valence electrons. The molecule has 5 aromatic rings. The average Bonchev–Trinajstić information content (AvgIpc) is 3.89. The quantitative estimate of drug-likeness (QED) is 0.113. The van der Waals surface area contributed by atoms with Gasteiger partial charge in [0, 0.05) is 64.9 Å². The van der Waals surface area contributed by atoms with Crippen LogP contribution in [0, 0.1) is 6.92 Å². The minimum absolute atomic E-state index is 0.0971. The van der Waals surface area contributed by atoms with Crippen LogP contribution in [0.25, 0.3) is 11.5 Å². The number of aryl methyl sites for hydroxylation is 2. The number of amides is 2. The lowest BCUT2D eigenvalue weighted by Gasteiger charge is -2.24. The largest absolute Gasteiger partial charge is 0.506 e. The van der Waals surface area contributed by atoms with Gasteiger partial charge in [-0.3, -0.25) is 14.6 Å². The van der Waals surface area contributed by atoms with E-state index in [1.807, 2.05) is 30.2 Å². The fourth-order valence-corrected chi connectivity index (χ4v) is 7.02. The molecule has 50 heavy (non-hydrogen) atoms. The molecule has 6 rings (SSSR count). The molecule has 2 amide bonds. The van der Waals surface area contributed by atoms with Crippen molar-refractivity contribution in [2.75, 3.05) is 11.9 Å². The van der Waals surface area contributed by atoms with Crippen molar-refractivity contribution in [1.82, 2.24) is 25.2 Å². The maximum absolute atomic E-state index is 14.3. The highest BCUT2D eigenvalue weighted by atomic mass is 32.1. The van der Waals surface area contributed by atoms with Crippen LogP contribution in [0.5, 0.6) is 5.75 Å². The summed E-state index contributed by atoms with van der Waals surface area (Å²) in [5.41, 5.74) is 3.46. The Hall–Kier alpha value is -5.10. The molecular formula is C38H41FN6O4S. The molecule has 2 aromatic carbocycles. The zero-order chi connectivity index (χ0) is 35.4. The molecule has 1 fully saturated rings. The molecule has 0 aliphatic carbocycles. The minimum atomic E-state index is -1.49. The van der Waals surface area contributed by atoms with Gasteiger partial charge < -0.3 is 25.1 Å². The Kier molecular flexibility index (Phi) is 10.3. The Labute approximate surface area is 294 Å². The molecule has 1 saturated heterocycles. The first-order valence-electron chi connectivity index (χ1n) is 16.7. The number of carbonyl (C=O) groups excluding carboxylic acids is 2. The molecular weight excluding hydrogens is 656 g/mol. The highest BCUT2D eigenvalue weighted by molar-refractivity contribution is 7.09. The summed E-state index contributed by atoms with van der Waals surface area (Å²) in [6.45, 7) is 7.84. The number of likely N-dealkylation sites (tertiary alicyclic amines) is 1. The summed E-state index contributed by atoms with van der Waals surface area (Å²) >= 11 is 1.56. The molecule has 0 radical (unpaired) electrons. The first kappa shape index (κ1) is 34.8. The predicted octanol–water partition coefficient (Wildman–Crippen LogP) is 7.75. The fraction of sp³-hybridized carbons (Fsp3) is 0.342. The molecule has 3 N–H and O–H groups in total. The van der Waals surface area contributed by atoms with Gasteiger partial charge in [-0.15, -0.1) is 11.3 Å². The van der Waals surface area contributed by atoms with Gasteiger partial charge >= 0.3 is 0 Å². The molecule has 1 aliphatic heterocycles. The van der Waals surface area contributed by atoms with Crippen LogP contribution in [0.2, 0.25) is 0 Å². The second-order valence-corrected chi connectivity index (χ2v) is 14.2. The third-order valence-corrected chi connectivity index (χ3v) is 9.89. The smallest absolute Gasteiger partial charge is 0.254 e. The van der Waals surface area contributed by atoms with Crippen molar-refractivity contribution >= 4 is 28.8 Å². The number of phenols is 1. The van der Waals surface area contributed by atoms with Crippen LogP contribution in [0.3, 0.4) is 0 Å². The van der Waals surface area contributed by atoms with Crippen LogP contribution >= 0.6 is 11.3 Å². The van der Waals surface area contributed by atoms with Gasteiger partial charge in [-0.25, -0.2) is 14.4 Å². The van der Waals surface area contributed by atoms with E-state index in [4.69, 9.17) is 4.42 Å². The highest BCUT2D eigenvalue weighted by Gasteiger charge is 2.33. The first-order valence-corrected chi connectivity index (χ1v) is 17.6. The molecule has 0 spiro atoms. The molecule has 0 saturated carbocycles. The van der Waals surface area contributed by atoms with Gasteiger partial charge in [-0.1, -0.05) is 6.07 Å². The maximum Gasteiger partial charge on any atom is 0.254 e. The van der Waals surface area contributed by atoms with Gasteiger partial charge in [0.15, 0.2) is 0 Å². The number of hydrogen-bond donors (Lipinski definition) is 3. The second kappa shape index (κ2) is 14.8. The summed E-state index contributed by atoms with van der Waals surface area (Å²) in [6, 6.07) is 11.9. The number of thiazole rings is 1. The number of anilines is 1. The average molecular weight is 697 g/mol. The van der Waals surface area contributed by atoms with Crippen molar-refractivity contribution in [1.29, 1.82) is 0 Å². The van der Waals surface area contributed by atoms with E-state index in [1.54, 1.807) is 53.9 Å². The fourth-order valence-electron chi connectivity index (χ4n) is 6.08. The van der Waals surface area contributed by atoms with Crippen molar-refractivity contribution in [2.24, 2.45) is 0 Å². The van der Waals surface area contributed by atoms with E-state index >= 15 is 0 Å². The van der Waals surface area contributed by atoms with Gasteiger partial charge in [0.25, 0.3) is 11.8 Å². The number of alkyl halides is 1. The number of nitrogens with zero attached hydrogens (tertiary/aromatic N) is 4. The lowest BCUT2D eigenvalue weighted by molar-refractivity contribution is 0.0735. The lowest BCUT2D eigenvalue weighted by Crippen LogP contribution is -2.34. The summed E-state index contributed by atoms with van der Waals surface area (Å²) in [4.78, 5) is 42.4. The molecule has 0 unspecified atom stereocenters. The van der Waals surface area contributed by atoms with Crippen molar-refractivity contribution in [3.8, 4) is 17.2 Å². The van der Waals surface area contributed by atoms with Gasteiger partial charge in [-0.2, -0.15) is 0 Å². The van der Waals surface area contributed by atoms with Crippen LogP contribution in [-0.4, -0.2) is 49.4 Å². The van der Waals surface area contributed by atoms with E-state index in [1.165, 1.54) is 32.5 Å². The zero-order valence-corrected chi connectivity index (χ0v) is 29.4. The molecule has 10 nitrogen and oxygen atoms in total. The van der Waals surface area contributed by atoms with E-state index in [0.717, 1.165) is 34.7 Å². The predicted molar refractivity (Wildman–Crippen MR) is 191 cm³/mol. The summed E-state index contributed by atoms with van der Waals surface area (Å²) in [5, 5.41) is 19.9. The number of aromatic nitrogens is 3. The number of carbonyl (C=O) groups is 2. The normalized spacial score (nSPS) is 15.2. The van der Waals surface area contributed by atoms with E-state index < -0.39 is 5.67 Å². The number of benzene rings is 2. The molecule has 3 aromatic heterocycles. The molecule has 0 bridgehead atoms. The SMILES string of the molecule is Cc1csc([C@H]2CCCN2C(=O)c2cc(C(=O)N[C@@H](C)CCc3ccc(NCc4cncc(C(C)(C)F)c4)c(O)c3)cc(-c3ncco3)c2)n1. The van der Waals surface area contributed by atoms with Crippen LogP contribution < -0.4 is 10.6 Å². The number of nitrogens with one attached hydrogen (secondary N) is 2.